The Labute approximate surface area is 95.9 Å². The van der Waals surface area contributed by atoms with E-state index in [4.69, 9.17) is 9.52 Å². The van der Waals surface area contributed by atoms with Gasteiger partial charge in [0.25, 0.3) is 0 Å². The van der Waals surface area contributed by atoms with Crippen molar-refractivity contribution in [2.75, 3.05) is 6.54 Å². The Bertz CT molecular complexity index is 344. The third kappa shape index (κ3) is 3.10. The van der Waals surface area contributed by atoms with Crippen LogP contribution in [0.25, 0.3) is 0 Å². The van der Waals surface area contributed by atoms with Crippen molar-refractivity contribution in [3.05, 3.63) is 23.7 Å². The fourth-order valence-electron chi connectivity index (χ4n) is 1.65. The average molecular weight is 225 g/mol. The van der Waals surface area contributed by atoms with Gasteiger partial charge in [0.1, 0.15) is 11.3 Å². The summed E-state index contributed by atoms with van der Waals surface area (Å²) in [5, 5.41) is 8.96. The third-order valence-corrected chi connectivity index (χ3v) is 2.56. The minimum atomic E-state index is -0.927. The van der Waals surface area contributed by atoms with Gasteiger partial charge in [0.05, 0.1) is 12.8 Å². The second-order valence-corrected chi connectivity index (χ2v) is 4.13. The van der Waals surface area contributed by atoms with Crippen LogP contribution in [0.4, 0.5) is 0 Å². The number of carboxylic acid groups (broad SMARTS) is 1. The van der Waals surface area contributed by atoms with Gasteiger partial charge < -0.3 is 9.52 Å². The number of carbonyl (C=O) groups is 1. The molecule has 0 aliphatic rings. The van der Waals surface area contributed by atoms with Crippen LogP contribution in [-0.4, -0.2) is 28.6 Å². The van der Waals surface area contributed by atoms with Crippen molar-refractivity contribution in [1.29, 1.82) is 0 Å². The van der Waals surface area contributed by atoms with E-state index < -0.39 is 5.97 Å². The Balaban J connectivity index is 2.76. The number of rotatable bonds is 6. The standard InChI is InChI=1S/C12H19NO3/c1-4-6-13(9(2)3)8-11-10(12(14)15)5-7-16-11/h5,7,9H,4,6,8H2,1-3H3,(H,14,15). The molecular formula is C12H19NO3. The van der Waals surface area contributed by atoms with Gasteiger partial charge in [0.15, 0.2) is 0 Å². The number of furan rings is 1. The van der Waals surface area contributed by atoms with E-state index in [-0.39, 0.29) is 5.56 Å². The topological polar surface area (TPSA) is 53.7 Å². The Morgan fingerprint density at radius 1 is 1.56 bits per heavy atom. The van der Waals surface area contributed by atoms with Crippen molar-refractivity contribution in [3.8, 4) is 0 Å². The van der Waals surface area contributed by atoms with Gasteiger partial charge in [0.2, 0.25) is 0 Å². The summed E-state index contributed by atoms with van der Waals surface area (Å²) in [7, 11) is 0. The molecule has 4 nitrogen and oxygen atoms in total. The van der Waals surface area contributed by atoms with Crippen LogP contribution in [0.2, 0.25) is 0 Å². The van der Waals surface area contributed by atoms with Crippen LogP contribution in [0.1, 0.15) is 43.3 Å². The number of carboxylic acids is 1. The molecule has 90 valence electrons. The maximum atomic E-state index is 10.9. The Kier molecular flexibility index (Phi) is 4.55. The zero-order valence-electron chi connectivity index (χ0n) is 10.1. The van der Waals surface area contributed by atoms with E-state index in [1.807, 2.05) is 0 Å². The average Bonchev–Trinajstić information content (AvgIpc) is 2.65. The highest BCUT2D eigenvalue weighted by Crippen LogP contribution is 2.15. The van der Waals surface area contributed by atoms with Gasteiger partial charge in [-0.25, -0.2) is 4.79 Å². The molecule has 16 heavy (non-hydrogen) atoms. The predicted octanol–water partition coefficient (Wildman–Crippen LogP) is 2.60. The van der Waals surface area contributed by atoms with E-state index in [0.717, 1.165) is 13.0 Å². The highest BCUT2D eigenvalue weighted by Gasteiger charge is 2.17. The van der Waals surface area contributed by atoms with Gasteiger partial charge >= 0.3 is 5.97 Å². The van der Waals surface area contributed by atoms with Crippen LogP contribution in [0.15, 0.2) is 16.7 Å². The first-order valence-electron chi connectivity index (χ1n) is 5.60. The quantitative estimate of drug-likeness (QED) is 0.808. The summed E-state index contributed by atoms with van der Waals surface area (Å²) < 4.78 is 5.23. The number of hydrogen-bond donors (Lipinski definition) is 1. The minimum Gasteiger partial charge on any atom is -0.478 e. The zero-order valence-corrected chi connectivity index (χ0v) is 10.1. The smallest absolute Gasteiger partial charge is 0.339 e. The molecule has 0 spiro atoms. The molecule has 0 unspecified atom stereocenters. The lowest BCUT2D eigenvalue weighted by Crippen LogP contribution is -2.31. The Morgan fingerprint density at radius 2 is 2.25 bits per heavy atom. The second kappa shape index (κ2) is 5.70. The molecular weight excluding hydrogens is 206 g/mol. The van der Waals surface area contributed by atoms with E-state index in [2.05, 4.69) is 25.7 Å². The number of nitrogens with zero attached hydrogens (tertiary/aromatic N) is 1. The predicted molar refractivity (Wildman–Crippen MR) is 61.5 cm³/mol. The van der Waals surface area contributed by atoms with Crippen LogP contribution in [0.3, 0.4) is 0 Å². The summed E-state index contributed by atoms with van der Waals surface area (Å²) in [5.41, 5.74) is 0.266. The monoisotopic (exact) mass is 225 g/mol. The molecule has 0 fully saturated rings. The first-order valence-corrected chi connectivity index (χ1v) is 5.60. The summed E-state index contributed by atoms with van der Waals surface area (Å²) >= 11 is 0. The van der Waals surface area contributed by atoms with Crippen LogP contribution in [0, 0.1) is 0 Å². The van der Waals surface area contributed by atoms with Gasteiger partial charge in [-0.2, -0.15) is 0 Å². The van der Waals surface area contributed by atoms with Crippen molar-refractivity contribution in [3.63, 3.8) is 0 Å². The molecule has 1 aromatic rings. The molecule has 1 rings (SSSR count). The van der Waals surface area contributed by atoms with Crippen molar-refractivity contribution >= 4 is 5.97 Å². The lowest BCUT2D eigenvalue weighted by Gasteiger charge is -2.24. The Morgan fingerprint density at radius 3 is 2.75 bits per heavy atom. The molecule has 1 aromatic heterocycles. The largest absolute Gasteiger partial charge is 0.478 e. The fourth-order valence-corrected chi connectivity index (χ4v) is 1.65. The molecule has 1 heterocycles. The lowest BCUT2D eigenvalue weighted by molar-refractivity contribution is 0.0691. The summed E-state index contributed by atoms with van der Waals surface area (Å²) in [6.07, 6.45) is 2.48. The van der Waals surface area contributed by atoms with Crippen LogP contribution in [-0.2, 0) is 6.54 Å². The number of hydrogen-bond acceptors (Lipinski definition) is 3. The highest BCUT2D eigenvalue weighted by atomic mass is 16.4. The van der Waals surface area contributed by atoms with Gasteiger partial charge in [-0.1, -0.05) is 6.92 Å². The van der Waals surface area contributed by atoms with Gasteiger partial charge in [-0.05, 0) is 32.9 Å². The molecule has 0 bridgehead atoms. The van der Waals surface area contributed by atoms with Crippen molar-refractivity contribution in [1.82, 2.24) is 4.90 Å². The molecule has 0 radical (unpaired) electrons. The summed E-state index contributed by atoms with van der Waals surface area (Å²) in [6, 6.07) is 1.88. The number of aromatic carboxylic acids is 1. The highest BCUT2D eigenvalue weighted by molar-refractivity contribution is 5.88. The first-order chi connectivity index (χ1) is 7.56. The van der Waals surface area contributed by atoms with Gasteiger partial charge in [-0.3, -0.25) is 4.90 Å². The van der Waals surface area contributed by atoms with Gasteiger partial charge in [0, 0.05) is 6.04 Å². The van der Waals surface area contributed by atoms with Crippen LogP contribution >= 0.6 is 0 Å². The maximum absolute atomic E-state index is 10.9. The molecule has 0 aromatic carbocycles. The third-order valence-electron chi connectivity index (χ3n) is 2.56. The maximum Gasteiger partial charge on any atom is 0.339 e. The SMILES string of the molecule is CCCN(Cc1occc1C(=O)O)C(C)C. The first kappa shape index (κ1) is 12.8. The van der Waals surface area contributed by atoms with E-state index in [9.17, 15) is 4.79 Å². The molecule has 0 atom stereocenters. The van der Waals surface area contributed by atoms with Gasteiger partial charge in [-0.15, -0.1) is 0 Å². The molecule has 0 aliphatic carbocycles. The van der Waals surface area contributed by atoms with Crippen LogP contribution in [0.5, 0.6) is 0 Å². The van der Waals surface area contributed by atoms with E-state index in [1.54, 1.807) is 0 Å². The molecule has 1 N–H and O–H groups in total. The summed E-state index contributed by atoms with van der Waals surface area (Å²) in [5.74, 6) is -0.390. The summed E-state index contributed by atoms with van der Waals surface area (Å²) in [6.45, 7) is 7.80. The lowest BCUT2D eigenvalue weighted by atomic mass is 10.2. The zero-order chi connectivity index (χ0) is 12.1. The fraction of sp³-hybridized carbons (Fsp3) is 0.583. The van der Waals surface area contributed by atoms with E-state index >= 15 is 0 Å². The normalized spacial score (nSPS) is 11.3. The molecule has 0 aliphatic heterocycles. The molecule has 0 saturated heterocycles. The summed E-state index contributed by atoms with van der Waals surface area (Å²) in [4.78, 5) is 13.1. The van der Waals surface area contributed by atoms with E-state index in [1.165, 1.54) is 12.3 Å². The minimum absolute atomic E-state index is 0.266. The van der Waals surface area contributed by atoms with Crippen molar-refractivity contribution in [2.45, 2.75) is 39.8 Å². The molecule has 0 amide bonds. The van der Waals surface area contributed by atoms with Crippen molar-refractivity contribution in [2.24, 2.45) is 0 Å². The molecule has 4 heteroatoms. The molecule has 0 saturated carbocycles. The van der Waals surface area contributed by atoms with Crippen LogP contribution < -0.4 is 0 Å². The van der Waals surface area contributed by atoms with E-state index in [0.29, 0.717) is 18.3 Å². The second-order valence-electron chi connectivity index (χ2n) is 4.13. The Hall–Kier alpha value is -1.29. The van der Waals surface area contributed by atoms with Crippen molar-refractivity contribution < 1.29 is 14.3 Å².